The fourth-order valence-corrected chi connectivity index (χ4v) is 2.60. The Morgan fingerprint density at radius 1 is 1.09 bits per heavy atom. The number of fused-ring (bicyclic) bond motifs is 1. The van der Waals surface area contributed by atoms with Crippen LogP contribution in [0.1, 0.15) is 13.3 Å². The molecule has 0 radical (unpaired) electrons. The molecule has 0 fully saturated rings. The summed E-state index contributed by atoms with van der Waals surface area (Å²) in [5.41, 5.74) is 4.65. The van der Waals surface area contributed by atoms with Gasteiger partial charge >= 0.3 is 0 Å². The number of rotatable bonds is 6. The first-order valence-electron chi connectivity index (χ1n) is 7.72. The molecule has 3 heteroatoms. The van der Waals surface area contributed by atoms with Gasteiger partial charge in [-0.05, 0) is 31.0 Å². The second-order valence-corrected chi connectivity index (χ2v) is 5.58. The van der Waals surface area contributed by atoms with Gasteiger partial charge < -0.3 is 15.0 Å². The Kier molecular flexibility index (Phi) is 4.45. The third-order valence-electron chi connectivity index (χ3n) is 4.01. The molecule has 1 atom stereocenters. The van der Waals surface area contributed by atoms with Crippen LogP contribution in [0.15, 0.2) is 54.6 Å². The maximum atomic E-state index is 5.29. The standard InChI is InChI=1S/C19H22N2O/c1-14(22-2)11-12-20-17-10-6-9-16-13-18(21-19(16)17)15-7-4-3-5-8-15/h3-10,13-14,20-21H,11-12H2,1-2H3. The summed E-state index contributed by atoms with van der Waals surface area (Å²) in [6.07, 6.45) is 1.26. The molecule has 0 spiro atoms. The number of hydrogen-bond acceptors (Lipinski definition) is 2. The minimum absolute atomic E-state index is 0.273. The predicted octanol–water partition coefficient (Wildman–Crippen LogP) is 4.67. The second-order valence-electron chi connectivity index (χ2n) is 5.58. The number of anilines is 1. The zero-order chi connectivity index (χ0) is 15.4. The van der Waals surface area contributed by atoms with Crippen LogP contribution in [0.2, 0.25) is 0 Å². The molecule has 3 rings (SSSR count). The fourth-order valence-electron chi connectivity index (χ4n) is 2.60. The Morgan fingerprint density at radius 2 is 1.91 bits per heavy atom. The van der Waals surface area contributed by atoms with E-state index in [0.29, 0.717) is 0 Å². The van der Waals surface area contributed by atoms with Crippen LogP contribution in [0, 0.1) is 0 Å². The smallest absolute Gasteiger partial charge is 0.0694 e. The molecule has 1 unspecified atom stereocenters. The number of hydrogen-bond donors (Lipinski definition) is 2. The number of H-pyrrole nitrogens is 1. The van der Waals surface area contributed by atoms with Crippen molar-refractivity contribution in [3.63, 3.8) is 0 Å². The molecule has 1 heterocycles. The van der Waals surface area contributed by atoms with Crippen LogP contribution in [-0.2, 0) is 4.74 Å². The Bertz CT molecular complexity index is 734. The summed E-state index contributed by atoms with van der Waals surface area (Å²) < 4.78 is 5.29. The van der Waals surface area contributed by atoms with Crippen LogP contribution in [0.4, 0.5) is 5.69 Å². The SMILES string of the molecule is COC(C)CCNc1cccc2cc(-c3ccccc3)[nH]c12. The van der Waals surface area contributed by atoms with E-state index in [1.165, 1.54) is 10.9 Å². The Balaban J connectivity index is 1.84. The van der Waals surface area contributed by atoms with Gasteiger partial charge in [-0.1, -0.05) is 42.5 Å². The lowest BCUT2D eigenvalue weighted by Gasteiger charge is -2.11. The number of para-hydroxylation sites is 1. The normalized spacial score (nSPS) is 12.5. The van der Waals surface area contributed by atoms with Crippen molar-refractivity contribution in [3.05, 3.63) is 54.6 Å². The van der Waals surface area contributed by atoms with Gasteiger partial charge in [-0.2, -0.15) is 0 Å². The molecule has 0 amide bonds. The van der Waals surface area contributed by atoms with Crippen molar-refractivity contribution >= 4 is 16.6 Å². The number of ether oxygens (including phenoxy) is 1. The molecule has 0 aliphatic heterocycles. The van der Waals surface area contributed by atoms with Gasteiger partial charge in [0.2, 0.25) is 0 Å². The number of aromatic amines is 1. The van der Waals surface area contributed by atoms with Gasteiger partial charge in [-0.15, -0.1) is 0 Å². The summed E-state index contributed by atoms with van der Waals surface area (Å²) in [5.74, 6) is 0. The molecule has 3 aromatic rings. The highest BCUT2D eigenvalue weighted by Crippen LogP contribution is 2.28. The Labute approximate surface area is 131 Å². The molecule has 3 nitrogen and oxygen atoms in total. The highest BCUT2D eigenvalue weighted by atomic mass is 16.5. The number of benzene rings is 2. The summed E-state index contributed by atoms with van der Waals surface area (Å²) in [6, 6.07) is 19.0. The summed E-state index contributed by atoms with van der Waals surface area (Å²) >= 11 is 0. The highest BCUT2D eigenvalue weighted by Gasteiger charge is 2.07. The van der Waals surface area contributed by atoms with Crippen molar-refractivity contribution in [1.82, 2.24) is 4.98 Å². The van der Waals surface area contributed by atoms with Gasteiger partial charge in [0.15, 0.2) is 0 Å². The van der Waals surface area contributed by atoms with Crippen molar-refractivity contribution < 1.29 is 4.74 Å². The summed E-state index contributed by atoms with van der Waals surface area (Å²) in [7, 11) is 1.75. The van der Waals surface area contributed by atoms with Gasteiger partial charge in [-0.3, -0.25) is 0 Å². The minimum Gasteiger partial charge on any atom is -0.383 e. The van der Waals surface area contributed by atoms with Crippen LogP contribution in [-0.4, -0.2) is 24.7 Å². The van der Waals surface area contributed by atoms with Crippen molar-refractivity contribution in [1.29, 1.82) is 0 Å². The molecule has 1 aromatic heterocycles. The van der Waals surface area contributed by atoms with E-state index in [1.54, 1.807) is 7.11 Å². The number of methoxy groups -OCH3 is 1. The van der Waals surface area contributed by atoms with Crippen LogP contribution in [0.25, 0.3) is 22.2 Å². The highest BCUT2D eigenvalue weighted by molar-refractivity contribution is 5.94. The summed E-state index contributed by atoms with van der Waals surface area (Å²) in [4.78, 5) is 3.54. The van der Waals surface area contributed by atoms with E-state index in [-0.39, 0.29) is 6.10 Å². The first kappa shape index (κ1) is 14.7. The van der Waals surface area contributed by atoms with Crippen molar-refractivity contribution in [3.8, 4) is 11.3 Å². The lowest BCUT2D eigenvalue weighted by molar-refractivity contribution is 0.114. The topological polar surface area (TPSA) is 37.0 Å². The maximum Gasteiger partial charge on any atom is 0.0694 e. The number of aromatic nitrogens is 1. The monoisotopic (exact) mass is 294 g/mol. The molecule has 22 heavy (non-hydrogen) atoms. The largest absolute Gasteiger partial charge is 0.383 e. The zero-order valence-corrected chi connectivity index (χ0v) is 13.1. The molecular weight excluding hydrogens is 272 g/mol. The van der Waals surface area contributed by atoms with E-state index in [9.17, 15) is 0 Å². The minimum atomic E-state index is 0.273. The van der Waals surface area contributed by atoms with E-state index in [2.05, 4.69) is 65.8 Å². The Morgan fingerprint density at radius 3 is 2.68 bits per heavy atom. The first-order valence-corrected chi connectivity index (χ1v) is 7.72. The van der Waals surface area contributed by atoms with Crippen molar-refractivity contribution in [2.75, 3.05) is 19.0 Å². The maximum absolute atomic E-state index is 5.29. The molecule has 2 N–H and O–H groups in total. The number of nitrogens with one attached hydrogen (secondary N) is 2. The summed E-state index contributed by atoms with van der Waals surface area (Å²) in [5, 5.41) is 4.73. The van der Waals surface area contributed by atoms with Gasteiger partial charge in [0, 0.05) is 24.7 Å². The summed E-state index contributed by atoms with van der Waals surface area (Å²) in [6.45, 7) is 2.98. The van der Waals surface area contributed by atoms with E-state index < -0.39 is 0 Å². The van der Waals surface area contributed by atoms with Gasteiger partial charge in [0.25, 0.3) is 0 Å². The molecule has 0 saturated carbocycles. The quantitative estimate of drug-likeness (QED) is 0.693. The molecule has 2 aromatic carbocycles. The first-order chi connectivity index (χ1) is 10.8. The van der Waals surface area contributed by atoms with Gasteiger partial charge in [0.1, 0.15) is 0 Å². The Hall–Kier alpha value is -2.26. The average Bonchev–Trinajstić information content (AvgIpc) is 3.00. The molecule has 0 aliphatic carbocycles. The second kappa shape index (κ2) is 6.67. The van der Waals surface area contributed by atoms with Crippen LogP contribution >= 0.6 is 0 Å². The van der Waals surface area contributed by atoms with Gasteiger partial charge in [-0.25, -0.2) is 0 Å². The lowest BCUT2D eigenvalue weighted by Crippen LogP contribution is -2.12. The fraction of sp³-hybridized carbons (Fsp3) is 0.263. The van der Waals surface area contributed by atoms with Crippen LogP contribution in [0.3, 0.4) is 0 Å². The van der Waals surface area contributed by atoms with E-state index >= 15 is 0 Å². The molecule has 0 saturated heterocycles. The molecular formula is C19H22N2O. The molecule has 0 bridgehead atoms. The third-order valence-corrected chi connectivity index (χ3v) is 4.01. The van der Waals surface area contributed by atoms with E-state index in [4.69, 9.17) is 4.74 Å². The zero-order valence-electron chi connectivity index (χ0n) is 13.1. The van der Waals surface area contributed by atoms with Crippen molar-refractivity contribution in [2.24, 2.45) is 0 Å². The van der Waals surface area contributed by atoms with Crippen molar-refractivity contribution in [2.45, 2.75) is 19.4 Å². The molecule has 114 valence electrons. The van der Waals surface area contributed by atoms with Crippen LogP contribution in [0.5, 0.6) is 0 Å². The van der Waals surface area contributed by atoms with Gasteiger partial charge in [0.05, 0.1) is 17.3 Å². The molecule has 0 aliphatic rings. The van der Waals surface area contributed by atoms with E-state index in [1.807, 2.05) is 6.07 Å². The predicted molar refractivity (Wildman–Crippen MR) is 93.3 cm³/mol. The third kappa shape index (κ3) is 3.15. The average molecular weight is 294 g/mol. The van der Waals surface area contributed by atoms with Crippen LogP contribution < -0.4 is 5.32 Å². The van der Waals surface area contributed by atoms with E-state index in [0.717, 1.165) is 29.9 Å². The lowest BCUT2D eigenvalue weighted by atomic mass is 10.1.